The Hall–Kier alpha value is -3.62. The predicted octanol–water partition coefficient (Wildman–Crippen LogP) is 11.8. The summed E-state index contributed by atoms with van der Waals surface area (Å²) in [5.41, 5.74) is 6.07. The summed E-state index contributed by atoms with van der Waals surface area (Å²) in [7, 11) is 0. The first kappa shape index (κ1) is 36.2. The minimum Gasteiger partial charge on any atom is 0 e. The molecule has 0 amide bonds. The maximum atomic E-state index is 13.9. The van der Waals surface area contributed by atoms with Crippen LogP contribution < -0.4 is 4.40 Å². The van der Waals surface area contributed by atoms with Crippen LogP contribution in [-0.4, -0.2) is 23.2 Å². The third kappa shape index (κ3) is 7.97. The average molecular weight is 925 g/mol. The zero-order valence-corrected chi connectivity index (χ0v) is 34.0. The predicted molar refractivity (Wildman–Crippen MR) is 201 cm³/mol. The fourth-order valence-corrected chi connectivity index (χ4v) is 9.49. The Morgan fingerprint density at radius 1 is 0.840 bits per heavy atom. The quantitative estimate of drug-likeness (QED) is 0.127. The number of rotatable bonds is 5. The smallest absolute Gasteiger partial charge is 0 e. The molecule has 7 rings (SSSR count). The van der Waals surface area contributed by atoms with E-state index in [0.717, 1.165) is 44.3 Å². The van der Waals surface area contributed by atoms with Gasteiger partial charge in [0.2, 0.25) is 0 Å². The van der Waals surface area contributed by atoms with Crippen LogP contribution in [0.4, 0.5) is 13.2 Å². The molecular weight excluding hydrogens is 886 g/mol. The van der Waals surface area contributed by atoms with Gasteiger partial charge in [-0.3, -0.25) is 0 Å². The molecule has 0 bridgehead atoms. The van der Waals surface area contributed by atoms with Gasteiger partial charge in [0.25, 0.3) is 0 Å². The van der Waals surface area contributed by atoms with Crippen LogP contribution in [0, 0.1) is 26.0 Å². The van der Waals surface area contributed by atoms with Crippen LogP contribution in [0.3, 0.4) is 0 Å². The van der Waals surface area contributed by atoms with E-state index in [-0.39, 0.29) is 25.5 Å². The number of aromatic nitrogens is 2. The second kappa shape index (κ2) is 15.3. The van der Waals surface area contributed by atoms with Crippen molar-refractivity contribution in [1.82, 2.24) is 9.97 Å². The van der Waals surface area contributed by atoms with Gasteiger partial charge in [0.15, 0.2) is 0 Å². The van der Waals surface area contributed by atoms with E-state index in [1.54, 1.807) is 24.4 Å². The van der Waals surface area contributed by atoms with Crippen LogP contribution in [0.15, 0.2) is 109 Å². The van der Waals surface area contributed by atoms with Gasteiger partial charge < -0.3 is 4.98 Å². The van der Waals surface area contributed by atoms with Gasteiger partial charge in [0.05, 0.1) is 0 Å². The Balaban J connectivity index is 0.000000249. The maximum absolute atomic E-state index is 13.9. The molecule has 0 saturated carbocycles. The molecule has 3 heterocycles. The van der Waals surface area contributed by atoms with Crippen molar-refractivity contribution in [1.29, 1.82) is 0 Å². The van der Waals surface area contributed by atoms with Crippen molar-refractivity contribution in [3.63, 3.8) is 0 Å². The first-order valence-electron chi connectivity index (χ1n) is 16.6. The van der Waals surface area contributed by atoms with Gasteiger partial charge >= 0.3 is 106 Å². The molecule has 8 heteroatoms. The van der Waals surface area contributed by atoms with E-state index in [9.17, 15) is 14.5 Å². The summed E-state index contributed by atoms with van der Waals surface area (Å²) in [4.78, 5) is 9.02. The number of hydrogen-bond donors (Lipinski definition) is 0. The van der Waals surface area contributed by atoms with E-state index in [2.05, 4.69) is 51.5 Å². The monoisotopic (exact) mass is 926 g/mol. The van der Waals surface area contributed by atoms with Crippen LogP contribution in [-0.2, 0) is 26.3 Å². The Labute approximate surface area is 314 Å². The molecule has 7 aromatic rings. The summed E-state index contributed by atoms with van der Waals surface area (Å²) < 4.78 is 53.6. The van der Waals surface area contributed by atoms with E-state index in [0.29, 0.717) is 21.3 Å². The van der Waals surface area contributed by atoms with E-state index in [1.165, 1.54) is 15.7 Å². The van der Waals surface area contributed by atoms with Crippen molar-refractivity contribution < 1.29 is 34.6 Å². The fraction of sp³-hybridized carbons (Fsp3) is 0.190. The summed E-state index contributed by atoms with van der Waals surface area (Å²) in [6.45, 7) is 5.82. The van der Waals surface area contributed by atoms with Crippen LogP contribution in [0.5, 0.6) is 0 Å². The average Bonchev–Trinajstić information content (AvgIpc) is 3.47. The van der Waals surface area contributed by atoms with Gasteiger partial charge in [-0.25, -0.2) is 0 Å². The zero-order valence-electron chi connectivity index (χ0n) is 29.7. The summed E-state index contributed by atoms with van der Waals surface area (Å²) >= 11 is -0.406. The number of pyridine rings is 2. The maximum Gasteiger partial charge on any atom is 0 e. The molecule has 0 aliphatic rings. The standard InChI is InChI=1S/C28H21F3NS.C14H16GeN.Ir/c1-16-7-6-8-17(2)25(16)18(3)19-13-14-32-23(15-19)20-11-12-22(28(29,30)31)26-21-9-4-5-10-24(21)33-27(20)26;1-15(2,3)13-9-10-14(16-11-13)12-7-5-4-6-8-12;/h4-10,12-15,18H,1-3H3;4-7,9-11H,1-3H3;/q2*-1;/i18D;;. The van der Waals surface area contributed by atoms with Gasteiger partial charge in [0, 0.05) is 38.3 Å². The van der Waals surface area contributed by atoms with Gasteiger partial charge in [-0.15, -0.1) is 17.7 Å². The molecule has 257 valence electrons. The molecule has 0 spiro atoms. The molecule has 0 N–H and O–H groups in total. The number of benzene rings is 4. The van der Waals surface area contributed by atoms with E-state index >= 15 is 0 Å². The Kier molecular flexibility index (Phi) is 11.1. The van der Waals surface area contributed by atoms with Crippen molar-refractivity contribution in [2.45, 2.75) is 50.1 Å². The molecule has 50 heavy (non-hydrogen) atoms. The molecule has 0 saturated heterocycles. The number of nitrogens with zero attached hydrogens (tertiary/aromatic N) is 2. The van der Waals surface area contributed by atoms with E-state index < -0.39 is 30.9 Å². The summed E-state index contributed by atoms with van der Waals surface area (Å²) in [5.74, 6) is 6.08. The number of alkyl halides is 3. The van der Waals surface area contributed by atoms with E-state index in [1.807, 2.05) is 87.6 Å². The molecule has 0 aliphatic heterocycles. The second-order valence-electron chi connectivity index (χ2n) is 13.2. The van der Waals surface area contributed by atoms with Crippen molar-refractivity contribution in [2.75, 3.05) is 0 Å². The van der Waals surface area contributed by atoms with Gasteiger partial charge in [-0.2, -0.15) is 24.5 Å². The zero-order chi connectivity index (χ0) is 35.8. The molecule has 1 atom stereocenters. The molecule has 2 nitrogen and oxygen atoms in total. The van der Waals surface area contributed by atoms with Gasteiger partial charge in [-0.1, -0.05) is 54.8 Å². The minimum absolute atomic E-state index is 0. The third-order valence-corrected chi connectivity index (χ3v) is 14.1. The van der Waals surface area contributed by atoms with Crippen molar-refractivity contribution in [3.05, 3.63) is 149 Å². The number of hydrogen-bond acceptors (Lipinski definition) is 3. The van der Waals surface area contributed by atoms with E-state index in [4.69, 9.17) is 0 Å². The first-order valence-corrected chi connectivity index (χ1v) is 24.2. The number of aryl methyl sites for hydroxylation is 2. The SMILES string of the molecule is [2H]C(C)(c1ccnc(-c2[c-]cc(C(F)(F)F)c3c2sc2ccccc23)c1)c1c(C)cccc1C.[CH3][Ge]([CH3])([CH3])[c]1ccc(-c2[c-]cccc2)nc1.[Ir]. The van der Waals surface area contributed by atoms with Crippen molar-refractivity contribution in [3.8, 4) is 22.5 Å². The summed E-state index contributed by atoms with van der Waals surface area (Å²) in [6.07, 6.45) is -0.833. The number of thiophene rings is 1. The van der Waals surface area contributed by atoms with Gasteiger partial charge in [0.1, 0.15) is 0 Å². The molecule has 3 aromatic heterocycles. The number of fused-ring (bicyclic) bond motifs is 3. The van der Waals surface area contributed by atoms with Crippen LogP contribution in [0.2, 0.25) is 17.3 Å². The van der Waals surface area contributed by atoms with Crippen molar-refractivity contribution >= 4 is 49.2 Å². The molecule has 1 radical (unpaired) electrons. The second-order valence-corrected chi connectivity index (χ2v) is 24.9. The van der Waals surface area contributed by atoms with Crippen LogP contribution in [0.1, 0.15) is 42.0 Å². The van der Waals surface area contributed by atoms with Crippen molar-refractivity contribution in [2.24, 2.45) is 0 Å². The number of halogens is 3. The summed E-state index contributed by atoms with van der Waals surface area (Å²) in [5, 5.41) is 0.750. The Morgan fingerprint density at radius 3 is 2.20 bits per heavy atom. The summed E-state index contributed by atoms with van der Waals surface area (Å²) in [6, 6.07) is 36.1. The third-order valence-electron chi connectivity index (χ3n) is 8.68. The topological polar surface area (TPSA) is 25.8 Å². The van der Waals surface area contributed by atoms with Gasteiger partial charge in [-0.05, 0) is 69.6 Å². The fourth-order valence-electron chi connectivity index (χ4n) is 6.09. The molecule has 4 aromatic carbocycles. The molecular formula is C42H37F3GeIrN2S-2. The van der Waals surface area contributed by atoms with Crippen LogP contribution >= 0.6 is 11.3 Å². The first-order chi connectivity index (χ1) is 23.7. The normalized spacial score (nSPS) is 13.2. The minimum atomic E-state index is -4.49. The largest absolute Gasteiger partial charge is 0 e. The van der Waals surface area contributed by atoms with Crippen LogP contribution in [0.25, 0.3) is 42.7 Å². The Morgan fingerprint density at radius 2 is 1.56 bits per heavy atom. The molecule has 1 unspecified atom stereocenters. The Bertz CT molecular complexity index is 2280. The molecule has 0 aliphatic carbocycles. The molecule has 0 fully saturated rings.